The molecule has 2 amide bonds. The van der Waals surface area contributed by atoms with E-state index in [-0.39, 0.29) is 6.03 Å². The molecule has 0 heterocycles. The lowest BCUT2D eigenvalue weighted by atomic mass is 10.2. The molecule has 1 aromatic rings. The molecule has 7 nitrogen and oxygen atoms in total. The summed E-state index contributed by atoms with van der Waals surface area (Å²) in [6.07, 6.45) is 0. The van der Waals surface area contributed by atoms with Gasteiger partial charge in [0, 0.05) is 25.8 Å². The Hall–Kier alpha value is -2.15. The average molecular weight is 326 g/mol. The fourth-order valence-electron chi connectivity index (χ4n) is 1.90. The molecule has 0 aliphatic heterocycles. The molecule has 0 spiro atoms. The van der Waals surface area contributed by atoms with E-state index in [1.54, 1.807) is 19.2 Å². The van der Waals surface area contributed by atoms with Crippen molar-refractivity contribution in [2.45, 2.75) is 20.8 Å². The van der Waals surface area contributed by atoms with Gasteiger partial charge in [0.25, 0.3) is 0 Å². The number of carbonyl (C=O) groups excluding carboxylic acids is 1. The first-order chi connectivity index (χ1) is 11.2. The molecule has 0 fully saturated rings. The molecule has 0 unspecified atom stereocenters. The van der Waals surface area contributed by atoms with Crippen LogP contribution >= 0.6 is 0 Å². The molecule has 2 N–H and O–H groups in total. The first kappa shape index (κ1) is 18.9. The van der Waals surface area contributed by atoms with Crippen LogP contribution in [0.5, 0.6) is 17.2 Å². The Morgan fingerprint density at radius 1 is 1.00 bits per heavy atom. The second kappa shape index (κ2) is 10.6. The highest BCUT2D eigenvalue weighted by atomic mass is 16.5. The van der Waals surface area contributed by atoms with Crippen molar-refractivity contribution in [1.82, 2.24) is 5.32 Å². The summed E-state index contributed by atoms with van der Waals surface area (Å²) < 4.78 is 21.7. The predicted molar refractivity (Wildman–Crippen MR) is 88.8 cm³/mol. The molecule has 1 rings (SSSR count). The van der Waals surface area contributed by atoms with Crippen LogP contribution in [0.4, 0.5) is 10.5 Å². The number of rotatable bonds is 10. The molecule has 0 saturated heterocycles. The van der Waals surface area contributed by atoms with Gasteiger partial charge in [0.05, 0.1) is 32.1 Å². The number of benzene rings is 1. The molecule has 7 heteroatoms. The van der Waals surface area contributed by atoms with Crippen molar-refractivity contribution in [3.8, 4) is 17.2 Å². The van der Waals surface area contributed by atoms with Gasteiger partial charge in [-0.15, -0.1) is 0 Å². The van der Waals surface area contributed by atoms with Crippen LogP contribution in [-0.2, 0) is 4.74 Å². The molecule has 0 bridgehead atoms. The summed E-state index contributed by atoms with van der Waals surface area (Å²) in [6.45, 7) is 7.98. The van der Waals surface area contributed by atoms with Gasteiger partial charge >= 0.3 is 6.03 Å². The van der Waals surface area contributed by atoms with Gasteiger partial charge in [-0.05, 0) is 20.8 Å². The van der Waals surface area contributed by atoms with Crippen LogP contribution in [0.3, 0.4) is 0 Å². The molecule has 0 aromatic heterocycles. The molecular formula is C16H26N2O5. The van der Waals surface area contributed by atoms with E-state index in [1.165, 1.54) is 0 Å². The van der Waals surface area contributed by atoms with Crippen LogP contribution in [0.15, 0.2) is 12.1 Å². The van der Waals surface area contributed by atoms with Gasteiger partial charge in [-0.25, -0.2) is 4.79 Å². The lowest BCUT2D eigenvalue weighted by Crippen LogP contribution is -2.31. The average Bonchev–Trinajstić information content (AvgIpc) is 2.51. The monoisotopic (exact) mass is 326 g/mol. The SMILES string of the molecule is CCOc1cc(NC(=O)NCCOC)cc(OCC)c1OCC. The second-order valence-electron chi connectivity index (χ2n) is 4.47. The number of hydrogen-bond donors (Lipinski definition) is 2. The molecule has 23 heavy (non-hydrogen) atoms. The van der Waals surface area contributed by atoms with E-state index in [9.17, 15) is 4.79 Å². The van der Waals surface area contributed by atoms with Gasteiger partial charge in [0.15, 0.2) is 11.5 Å². The number of urea groups is 1. The summed E-state index contributed by atoms with van der Waals surface area (Å²) in [6, 6.07) is 3.11. The zero-order valence-electron chi connectivity index (χ0n) is 14.2. The summed E-state index contributed by atoms with van der Waals surface area (Å²) in [5.74, 6) is 1.61. The van der Waals surface area contributed by atoms with Crippen LogP contribution in [-0.4, -0.2) is 46.1 Å². The van der Waals surface area contributed by atoms with Gasteiger partial charge in [0.2, 0.25) is 5.75 Å². The maximum Gasteiger partial charge on any atom is 0.319 e. The number of hydrogen-bond acceptors (Lipinski definition) is 5. The fourth-order valence-corrected chi connectivity index (χ4v) is 1.90. The van der Waals surface area contributed by atoms with E-state index in [1.807, 2.05) is 20.8 Å². The van der Waals surface area contributed by atoms with Crippen LogP contribution in [0.2, 0.25) is 0 Å². The summed E-state index contributed by atoms with van der Waals surface area (Å²) in [4.78, 5) is 11.8. The Kier molecular flexibility index (Phi) is 8.67. The first-order valence-corrected chi connectivity index (χ1v) is 7.76. The number of anilines is 1. The topological polar surface area (TPSA) is 78.1 Å². The normalized spacial score (nSPS) is 10.1. The van der Waals surface area contributed by atoms with Gasteiger partial charge < -0.3 is 29.6 Å². The second-order valence-corrected chi connectivity index (χ2v) is 4.47. The lowest BCUT2D eigenvalue weighted by Gasteiger charge is -2.17. The minimum Gasteiger partial charge on any atom is -0.490 e. The summed E-state index contributed by atoms with van der Waals surface area (Å²) >= 11 is 0. The first-order valence-electron chi connectivity index (χ1n) is 7.76. The Morgan fingerprint density at radius 3 is 2.04 bits per heavy atom. The molecule has 0 aliphatic carbocycles. The van der Waals surface area contributed by atoms with Crippen molar-refractivity contribution < 1.29 is 23.7 Å². The summed E-state index contributed by atoms with van der Waals surface area (Å²) in [5.41, 5.74) is 0.565. The third-order valence-electron chi connectivity index (χ3n) is 2.76. The van der Waals surface area contributed by atoms with Crippen LogP contribution < -0.4 is 24.8 Å². The molecule has 0 aliphatic rings. The fraction of sp³-hybridized carbons (Fsp3) is 0.562. The van der Waals surface area contributed by atoms with E-state index in [0.717, 1.165) is 0 Å². The Bertz CT molecular complexity index is 466. The third kappa shape index (κ3) is 6.23. The quantitative estimate of drug-likeness (QED) is 0.646. The maximum atomic E-state index is 11.8. The molecule has 130 valence electrons. The number of methoxy groups -OCH3 is 1. The largest absolute Gasteiger partial charge is 0.490 e. The number of ether oxygens (including phenoxy) is 4. The van der Waals surface area contributed by atoms with Gasteiger partial charge in [-0.1, -0.05) is 0 Å². The van der Waals surface area contributed by atoms with Crippen molar-refractivity contribution in [3.05, 3.63) is 12.1 Å². The minimum atomic E-state index is -0.323. The van der Waals surface area contributed by atoms with E-state index in [0.29, 0.717) is 55.9 Å². The van der Waals surface area contributed by atoms with Crippen molar-refractivity contribution in [2.24, 2.45) is 0 Å². The Morgan fingerprint density at radius 2 is 1.57 bits per heavy atom. The highest BCUT2D eigenvalue weighted by Crippen LogP contribution is 2.40. The van der Waals surface area contributed by atoms with Crippen molar-refractivity contribution in [3.63, 3.8) is 0 Å². The van der Waals surface area contributed by atoms with E-state index >= 15 is 0 Å². The van der Waals surface area contributed by atoms with E-state index in [4.69, 9.17) is 18.9 Å². The van der Waals surface area contributed by atoms with Crippen LogP contribution in [0, 0.1) is 0 Å². The highest BCUT2D eigenvalue weighted by molar-refractivity contribution is 5.90. The molecule has 0 radical (unpaired) electrons. The lowest BCUT2D eigenvalue weighted by molar-refractivity contribution is 0.198. The van der Waals surface area contributed by atoms with E-state index in [2.05, 4.69) is 10.6 Å². The van der Waals surface area contributed by atoms with Crippen molar-refractivity contribution in [2.75, 3.05) is 45.4 Å². The zero-order chi connectivity index (χ0) is 17.1. The molecular weight excluding hydrogens is 300 g/mol. The summed E-state index contributed by atoms with van der Waals surface area (Å²) in [7, 11) is 1.58. The van der Waals surface area contributed by atoms with Gasteiger partial charge in [-0.3, -0.25) is 0 Å². The maximum absolute atomic E-state index is 11.8. The smallest absolute Gasteiger partial charge is 0.319 e. The zero-order valence-corrected chi connectivity index (χ0v) is 14.2. The minimum absolute atomic E-state index is 0.323. The summed E-state index contributed by atoms with van der Waals surface area (Å²) in [5, 5.41) is 5.43. The van der Waals surface area contributed by atoms with Crippen LogP contribution in [0.1, 0.15) is 20.8 Å². The highest BCUT2D eigenvalue weighted by Gasteiger charge is 2.16. The predicted octanol–water partition coefficient (Wildman–Crippen LogP) is 2.65. The van der Waals surface area contributed by atoms with E-state index < -0.39 is 0 Å². The van der Waals surface area contributed by atoms with Crippen LogP contribution in [0.25, 0.3) is 0 Å². The number of amides is 2. The molecule has 0 atom stereocenters. The molecule has 1 aromatic carbocycles. The van der Waals surface area contributed by atoms with Crippen molar-refractivity contribution >= 4 is 11.7 Å². The molecule has 0 saturated carbocycles. The number of nitrogens with one attached hydrogen (secondary N) is 2. The van der Waals surface area contributed by atoms with Gasteiger partial charge in [-0.2, -0.15) is 0 Å². The number of carbonyl (C=O) groups is 1. The Labute approximate surface area is 137 Å². The van der Waals surface area contributed by atoms with Gasteiger partial charge in [0.1, 0.15) is 0 Å². The standard InChI is InChI=1S/C16H26N2O5/c1-5-21-13-10-12(18-16(19)17-8-9-20-4)11-14(22-6-2)15(13)23-7-3/h10-11H,5-9H2,1-4H3,(H2,17,18,19). The third-order valence-corrected chi connectivity index (χ3v) is 2.76. The Balaban J connectivity index is 2.96. The van der Waals surface area contributed by atoms with Crippen molar-refractivity contribution in [1.29, 1.82) is 0 Å².